The molecule has 0 aromatic carbocycles. The lowest BCUT2D eigenvalue weighted by atomic mass is 9.80. The third kappa shape index (κ3) is 2.55. The van der Waals surface area contributed by atoms with Crippen LogP contribution in [-0.4, -0.2) is 42.6 Å². The van der Waals surface area contributed by atoms with E-state index in [1.165, 1.54) is 0 Å². The monoisotopic (exact) mass is 226 g/mol. The van der Waals surface area contributed by atoms with Crippen molar-refractivity contribution in [2.24, 2.45) is 11.7 Å². The molecular formula is C12H22N2O2. The van der Waals surface area contributed by atoms with Crippen molar-refractivity contribution >= 4 is 5.91 Å². The summed E-state index contributed by atoms with van der Waals surface area (Å²) in [4.78, 5) is 13.8. The largest absolute Gasteiger partial charge is 0.365 e. The predicted octanol–water partition coefficient (Wildman–Crippen LogP) is 0.750. The lowest BCUT2D eigenvalue weighted by molar-refractivity contribution is -0.142. The number of hydrogen-bond donors (Lipinski definition) is 1. The van der Waals surface area contributed by atoms with Gasteiger partial charge in [-0.15, -0.1) is 0 Å². The second kappa shape index (κ2) is 4.72. The maximum Gasteiger partial charge on any atom is 0.251 e. The van der Waals surface area contributed by atoms with Gasteiger partial charge in [0.05, 0.1) is 6.10 Å². The second-order valence-corrected chi connectivity index (χ2v) is 5.33. The van der Waals surface area contributed by atoms with Gasteiger partial charge in [-0.2, -0.15) is 0 Å². The number of amides is 1. The standard InChI is InChI=1S/C12H22N2O2/c1-8-3-4-11(16-8)12(15)14(2)7-9-5-10(13)6-9/h8-11H,3-7,13H2,1-2H3. The highest BCUT2D eigenvalue weighted by Gasteiger charge is 2.33. The van der Waals surface area contributed by atoms with Crippen molar-refractivity contribution < 1.29 is 9.53 Å². The van der Waals surface area contributed by atoms with Crippen LogP contribution in [0, 0.1) is 5.92 Å². The Balaban J connectivity index is 1.76. The van der Waals surface area contributed by atoms with E-state index in [1.54, 1.807) is 0 Å². The first kappa shape index (κ1) is 11.9. The average molecular weight is 226 g/mol. The highest BCUT2D eigenvalue weighted by Crippen LogP contribution is 2.27. The Labute approximate surface area is 97.1 Å². The highest BCUT2D eigenvalue weighted by atomic mass is 16.5. The molecule has 2 fully saturated rings. The topological polar surface area (TPSA) is 55.6 Å². The summed E-state index contributed by atoms with van der Waals surface area (Å²) in [7, 11) is 1.87. The molecule has 92 valence electrons. The molecule has 1 saturated heterocycles. The van der Waals surface area contributed by atoms with Crippen molar-refractivity contribution in [2.75, 3.05) is 13.6 Å². The number of hydrogen-bond acceptors (Lipinski definition) is 3. The van der Waals surface area contributed by atoms with Crippen molar-refractivity contribution in [3.8, 4) is 0 Å². The van der Waals surface area contributed by atoms with Crippen molar-refractivity contribution in [3.05, 3.63) is 0 Å². The van der Waals surface area contributed by atoms with E-state index >= 15 is 0 Å². The predicted molar refractivity (Wildman–Crippen MR) is 61.9 cm³/mol. The molecule has 2 N–H and O–H groups in total. The second-order valence-electron chi connectivity index (χ2n) is 5.33. The minimum Gasteiger partial charge on any atom is -0.365 e. The molecule has 4 heteroatoms. The van der Waals surface area contributed by atoms with Crippen LogP contribution in [0.5, 0.6) is 0 Å². The summed E-state index contributed by atoms with van der Waals surface area (Å²) in [6, 6.07) is 0.358. The Hall–Kier alpha value is -0.610. The molecule has 1 amide bonds. The van der Waals surface area contributed by atoms with E-state index in [9.17, 15) is 4.79 Å². The van der Waals surface area contributed by atoms with Crippen molar-refractivity contribution in [3.63, 3.8) is 0 Å². The molecule has 2 atom stereocenters. The Morgan fingerprint density at radius 2 is 2.12 bits per heavy atom. The number of rotatable bonds is 3. The molecule has 16 heavy (non-hydrogen) atoms. The number of ether oxygens (including phenoxy) is 1. The molecule has 0 spiro atoms. The molecule has 4 nitrogen and oxygen atoms in total. The zero-order chi connectivity index (χ0) is 11.7. The van der Waals surface area contributed by atoms with E-state index in [-0.39, 0.29) is 18.1 Å². The van der Waals surface area contributed by atoms with Crippen LogP contribution in [0.1, 0.15) is 32.6 Å². The van der Waals surface area contributed by atoms with Gasteiger partial charge in [0.15, 0.2) is 0 Å². The minimum atomic E-state index is -0.200. The highest BCUT2D eigenvalue weighted by molar-refractivity contribution is 5.81. The van der Waals surface area contributed by atoms with Gasteiger partial charge in [-0.1, -0.05) is 0 Å². The summed E-state index contributed by atoms with van der Waals surface area (Å²) in [6.45, 7) is 2.86. The van der Waals surface area contributed by atoms with Gasteiger partial charge in [0.1, 0.15) is 6.10 Å². The van der Waals surface area contributed by atoms with E-state index in [0.29, 0.717) is 12.0 Å². The summed E-state index contributed by atoms with van der Waals surface area (Å²) in [5.74, 6) is 0.743. The molecule has 0 bridgehead atoms. The first-order valence-corrected chi connectivity index (χ1v) is 6.22. The molecular weight excluding hydrogens is 204 g/mol. The fourth-order valence-corrected chi connectivity index (χ4v) is 2.64. The van der Waals surface area contributed by atoms with Crippen molar-refractivity contribution in [1.29, 1.82) is 0 Å². The Bertz CT molecular complexity index is 264. The van der Waals surface area contributed by atoms with Gasteiger partial charge in [-0.3, -0.25) is 4.79 Å². The van der Waals surface area contributed by atoms with Gasteiger partial charge in [-0.25, -0.2) is 0 Å². The Kier molecular flexibility index (Phi) is 3.50. The maximum absolute atomic E-state index is 12.0. The van der Waals surface area contributed by atoms with Crippen LogP contribution >= 0.6 is 0 Å². The molecule has 0 aromatic rings. The van der Waals surface area contributed by atoms with Crippen LogP contribution in [0.3, 0.4) is 0 Å². The van der Waals surface area contributed by atoms with Gasteiger partial charge in [0, 0.05) is 19.6 Å². The Morgan fingerprint density at radius 1 is 1.44 bits per heavy atom. The van der Waals surface area contributed by atoms with Crippen LogP contribution in [0.25, 0.3) is 0 Å². The van der Waals surface area contributed by atoms with Crippen LogP contribution in [0.15, 0.2) is 0 Å². The molecule has 0 radical (unpaired) electrons. The molecule has 2 aliphatic rings. The average Bonchev–Trinajstić information content (AvgIpc) is 2.61. The van der Waals surface area contributed by atoms with Gasteiger partial charge in [0.25, 0.3) is 5.91 Å². The van der Waals surface area contributed by atoms with E-state index in [2.05, 4.69) is 0 Å². The lowest BCUT2D eigenvalue weighted by Crippen LogP contribution is -2.45. The number of nitrogens with two attached hydrogens (primary N) is 1. The van der Waals surface area contributed by atoms with Crippen molar-refractivity contribution in [1.82, 2.24) is 4.90 Å². The molecule has 2 unspecified atom stereocenters. The number of carbonyl (C=O) groups excluding carboxylic acids is 1. The minimum absolute atomic E-state index is 0.143. The van der Waals surface area contributed by atoms with Crippen LogP contribution in [0.2, 0.25) is 0 Å². The molecule has 1 aliphatic carbocycles. The Morgan fingerprint density at radius 3 is 2.62 bits per heavy atom. The lowest BCUT2D eigenvalue weighted by Gasteiger charge is -2.35. The fourth-order valence-electron chi connectivity index (χ4n) is 2.64. The van der Waals surface area contributed by atoms with E-state index in [0.717, 1.165) is 32.2 Å². The number of carbonyl (C=O) groups is 1. The molecule has 1 saturated carbocycles. The fraction of sp³-hybridized carbons (Fsp3) is 0.917. The normalized spacial score (nSPS) is 38.2. The molecule has 1 aliphatic heterocycles. The summed E-state index contributed by atoms with van der Waals surface area (Å²) in [6.07, 6.45) is 4.01. The first-order valence-electron chi connectivity index (χ1n) is 6.22. The van der Waals surface area contributed by atoms with Crippen LogP contribution in [0.4, 0.5) is 0 Å². The number of nitrogens with zero attached hydrogens (tertiary/aromatic N) is 1. The zero-order valence-corrected chi connectivity index (χ0v) is 10.2. The molecule has 2 rings (SSSR count). The third-order valence-corrected chi connectivity index (χ3v) is 3.69. The summed E-state index contributed by atoms with van der Waals surface area (Å²) < 4.78 is 5.58. The first-order chi connectivity index (χ1) is 7.56. The van der Waals surface area contributed by atoms with Gasteiger partial charge < -0.3 is 15.4 Å². The van der Waals surface area contributed by atoms with Gasteiger partial charge in [-0.05, 0) is 38.5 Å². The SMILES string of the molecule is CC1CCC(C(=O)N(C)CC2CC(N)C2)O1. The van der Waals surface area contributed by atoms with Gasteiger partial charge >= 0.3 is 0 Å². The van der Waals surface area contributed by atoms with Crippen LogP contribution in [-0.2, 0) is 9.53 Å². The van der Waals surface area contributed by atoms with E-state index in [1.807, 2.05) is 18.9 Å². The maximum atomic E-state index is 12.0. The molecule has 1 heterocycles. The molecule has 0 aromatic heterocycles. The van der Waals surface area contributed by atoms with Crippen molar-refractivity contribution in [2.45, 2.75) is 50.9 Å². The smallest absolute Gasteiger partial charge is 0.251 e. The number of likely N-dealkylation sites (N-methyl/N-ethyl adjacent to an activating group) is 1. The quantitative estimate of drug-likeness (QED) is 0.772. The summed E-state index contributed by atoms with van der Waals surface area (Å²) in [5.41, 5.74) is 5.73. The zero-order valence-electron chi connectivity index (χ0n) is 10.2. The summed E-state index contributed by atoms with van der Waals surface area (Å²) in [5, 5.41) is 0. The third-order valence-electron chi connectivity index (χ3n) is 3.69. The summed E-state index contributed by atoms with van der Waals surface area (Å²) >= 11 is 0. The van der Waals surface area contributed by atoms with E-state index in [4.69, 9.17) is 10.5 Å². The van der Waals surface area contributed by atoms with Crippen LogP contribution < -0.4 is 5.73 Å². The van der Waals surface area contributed by atoms with Gasteiger partial charge in [0.2, 0.25) is 0 Å². The van der Waals surface area contributed by atoms with E-state index < -0.39 is 0 Å².